The van der Waals surface area contributed by atoms with Gasteiger partial charge < -0.3 is 11.1 Å². The van der Waals surface area contributed by atoms with Crippen molar-refractivity contribution in [2.24, 2.45) is 5.73 Å². The van der Waals surface area contributed by atoms with Gasteiger partial charge in [-0.3, -0.25) is 10.1 Å². The average molecular weight is 396 g/mol. The van der Waals surface area contributed by atoms with E-state index >= 15 is 0 Å². The molecule has 0 aromatic rings. The molecule has 0 heterocycles. The fraction of sp³-hybridized carbons (Fsp3) is 0.875. The van der Waals surface area contributed by atoms with Gasteiger partial charge >= 0.3 is 0 Å². The van der Waals surface area contributed by atoms with Gasteiger partial charge in [-0.25, -0.2) is 0 Å². The lowest BCUT2D eigenvalue weighted by molar-refractivity contribution is -0.122. The minimum absolute atomic E-state index is 0.0853. The van der Waals surface area contributed by atoms with E-state index in [4.69, 9.17) is 5.73 Å². The van der Waals surface area contributed by atoms with Gasteiger partial charge in [0, 0.05) is 6.42 Å². The Morgan fingerprint density at radius 3 is 1.96 bits per heavy atom. The summed E-state index contributed by atoms with van der Waals surface area (Å²) in [5.41, 5.74) is 5.50. The third-order valence-corrected chi connectivity index (χ3v) is 5.18. The minimum atomic E-state index is 0.0853. The molecule has 4 heteroatoms. The molecule has 0 bridgehead atoms. The molecular formula is C24H49N3O. The van der Waals surface area contributed by atoms with Crippen LogP contribution in [0.2, 0.25) is 0 Å². The number of carbonyl (C=O) groups excluding carboxylic acids is 1. The summed E-state index contributed by atoms with van der Waals surface area (Å²) in [6, 6.07) is 0. The van der Waals surface area contributed by atoms with Gasteiger partial charge in [-0.2, -0.15) is 0 Å². The van der Waals surface area contributed by atoms with Crippen molar-refractivity contribution in [1.82, 2.24) is 10.6 Å². The first-order valence-electron chi connectivity index (χ1n) is 12.1. The van der Waals surface area contributed by atoms with E-state index in [1.165, 1.54) is 70.6 Å². The van der Waals surface area contributed by atoms with Crippen LogP contribution in [0.3, 0.4) is 0 Å². The summed E-state index contributed by atoms with van der Waals surface area (Å²) in [4.78, 5) is 12.0. The van der Waals surface area contributed by atoms with E-state index in [1.54, 1.807) is 0 Å². The zero-order chi connectivity index (χ0) is 20.7. The Balaban J connectivity index is 3.39. The summed E-state index contributed by atoms with van der Waals surface area (Å²) in [5, 5.41) is 6.41. The molecule has 4 nitrogen and oxygen atoms in total. The van der Waals surface area contributed by atoms with Crippen molar-refractivity contribution in [2.75, 3.05) is 13.1 Å². The van der Waals surface area contributed by atoms with Crippen LogP contribution < -0.4 is 16.4 Å². The minimum Gasteiger partial charge on any atom is -0.341 e. The van der Waals surface area contributed by atoms with Crippen LogP contribution in [-0.2, 0) is 4.79 Å². The second-order valence-corrected chi connectivity index (χ2v) is 7.96. The van der Waals surface area contributed by atoms with Gasteiger partial charge in [-0.1, -0.05) is 77.4 Å². The number of nitrogens with one attached hydrogen (secondary N) is 2. The van der Waals surface area contributed by atoms with Crippen molar-refractivity contribution in [3.8, 4) is 0 Å². The van der Waals surface area contributed by atoms with Crippen LogP contribution in [0.1, 0.15) is 117 Å². The zero-order valence-corrected chi connectivity index (χ0v) is 18.9. The van der Waals surface area contributed by atoms with E-state index < -0.39 is 0 Å². The van der Waals surface area contributed by atoms with E-state index in [2.05, 4.69) is 36.6 Å². The lowest BCUT2D eigenvalue weighted by Gasteiger charge is -2.18. The number of hydrogen-bond acceptors (Lipinski definition) is 3. The fourth-order valence-electron chi connectivity index (χ4n) is 3.30. The van der Waals surface area contributed by atoms with Gasteiger partial charge in [0.15, 0.2) is 0 Å². The molecule has 166 valence electrons. The van der Waals surface area contributed by atoms with Gasteiger partial charge in [0.1, 0.15) is 0 Å². The molecule has 0 fully saturated rings. The highest BCUT2D eigenvalue weighted by Crippen LogP contribution is 2.10. The summed E-state index contributed by atoms with van der Waals surface area (Å²) in [6.45, 7) is 5.91. The first-order valence-corrected chi connectivity index (χ1v) is 12.1. The molecule has 0 radical (unpaired) electrons. The predicted molar refractivity (Wildman–Crippen MR) is 123 cm³/mol. The zero-order valence-electron chi connectivity index (χ0n) is 18.9. The van der Waals surface area contributed by atoms with Crippen molar-refractivity contribution in [2.45, 2.75) is 123 Å². The van der Waals surface area contributed by atoms with Gasteiger partial charge in [-0.05, 0) is 58.0 Å². The first-order chi connectivity index (χ1) is 13.7. The quantitative estimate of drug-likeness (QED) is 0.130. The highest BCUT2D eigenvalue weighted by atomic mass is 16.1. The molecule has 0 saturated carbocycles. The third kappa shape index (κ3) is 19.9. The molecule has 0 aliphatic rings. The number of allylic oxidation sites excluding steroid dienone is 2. The van der Waals surface area contributed by atoms with Crippen molar-refractivity contribution in [3.05, 3.63) is 12.2 Å². The largest absolute Gasteiger partial charge is 0.341 e. The van der Waals surface area contributed by atoms with Crippen molar-refractivity contribution < 1.29 is 4.79 Å². The summed E-state index contributed by atoms with van der Waals surface area (Å²) >= 11 is 0. The van der Waals surface area contributed by atoms with Gasteiger partial charge in [0.25, 0.3) is 0 Å². The molecule has 0 saturated heterocycles. The van der Waals surface area contributed by atoms with E-state index in [-0.39, 0.29) is 12.1 Å². The molecule has 0 aliphatic heterocycles. The first kappa shape index (κ1) is 27.1. The van der Waals surface area contributed by atoms with Gasteiger partial charge in [-0.15, -0.1) is 0 Å². The smallest absolute Gasteiger partial charge is 0.221 e. The maximum absolute atomic E-state index is 12.0. The average Bonchev–Trinajstić information content (AvgIpc) is 2.70. The number of amides is 1. The maximum atomic E-state index is 12.0. The van der Waals surface area contributed by atoms with Crippen LogP contribution in [0.4, 0.5) is 0 Å². The number of carbonyl (C=O) groups is 1. The molecule has 0 aromatic carbocycles. The Kier molecular flexibility index (Phi) is 21.7. The van der Waals surface area contributed by atoms with E-state index in [0.29, 0.717) is 13.0 Å². The van der Waals surface area contributed by atoms with Crippen molar-refractivity contribution in [3.63, 3.8) is 0 Å². The second kappa shape index (κ2) is 22.4. The third-order valence-electron chi connectivity index (χ3n) is 5.18. The Morgan fingerprint density at radius 1 is 0.821 bits per heavy atom. The molecule has 1 atom stereocenters. The number of unbranched alkanes of at least 4 members (excludes halogenated alkanes) is 11. The Bertz CT molecular complexity index is 358. The molecule has 1 unspecified atom stereocenters. The molecule has 28 heavy (non-hydrogen) atoms. The highest BCUT2D eigenvalue weighted by Gasteiger charge is 2.08. The lowest BCUT2D eigenvalue weighted by Crippen LogP contribution is -2.45. The molecule has 0 aliphatic carbocycles. The van der Waals surface area contributed by atoms with Crippen LogP contribution in [-0.4, -0.2) is 25.2 Å². The monoisotopic (exact) mass is 395 g/mol. The predicted octanol–water partition coefficient (Wildman–Crippen LogP) is 5.81. The Hall–Kier alpha value is -0.870. The Morgan fingerprint density at radius 2 is 1.39 bits per heavy atom. The standard InChI is InChI=1S/C24H49N3O/c1-3-5-6-7-8-9-10-11-12-13-14-15-16-17-18-20-24(28)27-23(4-2)26-22-19-21-25/h11-12,23,26H,3-10,13-22,25H2,1-2H3,(H,27,28)/b12-11-. The number of nitrogens with two attached hydrogens (primary N) is 1. The topological polar surface area (TPSA) is 67.2 Å². The molecule has 0 rings (SSSR count). The van der Waals surface area contributed by atoms with E-state index in [1.807, 2.05) is 0 Å². The summed E-state index contributed by atoms with van der Waals surface area (Å²) < 4.78 is 0. The van der Waals surface area contributed by atoms with Crippen molar-refractivity contribution >= 4 is 5.91 Å². The van der Waals surface area contributed by atoms with E-state index in [9.17, 15) is 4.79 Å². The fourth-order valence-corrected chi connectivity index (χ4v) is 3.30. The summed E-state index contributed by atoms with van der Waals surface area (Å²) in [6.07, 6.45) is 24.0. The SMILES string of the molecule is CCCCCCCC/C=C\CCCCCCCC(=O)NC(CC)NCCCN. The van der Waals surface area contributed by atoms with Gasteiger partial charge in [0.05, 0.1) is 6.17 Å². The van der Waals surface area contributed by atoms with Crippen LogP contribution in [0, 0.1) is 0 Å². The van der Waals surface area contributed by atoms with Crippen LogP contribution in [0.25, 0.3) is 0 Å². The molecule has 0 aromatic heterocycles. The molecule has 4 N–H and O–H groups in total. The summed E-state index contributed by atoms with van der Waals surface area (Å²) in [5.74, 6) is 0.171. The van der Waals surface area contributed by atoms with Gasteiger partial charge in [0.2, 0.25) is 5.91 Å². The van der Waals surface area contributed by atoms with Crippen LogP contribution in [0.15, 0.2) is 12.2 Å². The number of rotatable bonds is 21. The maximum Gasteiger partial charge on any atom is 0.221 e. The highest BCUT2D eigenvalue weighted by molar-refractivity contribution is 5.76. The van der Waals surface area contributed by atoms with Crippen LogP contribution >= 0.6 is 0 Å². The van der Waals surface area contributed by atoms with Crippen molar-refractivity contribution in [1.29, 1.82) is 0 Å². The molecular weight excluding hydrogens is 346 g/mol. The lowest BCUT2D eigenvalue weighted by atomic mass is 10.1. The molecule has 1 amide bonds. The molecule has 0 spiro atoms. The van der Waals surface area contributed by atoms with E-state index in [0.717, 1.165) is 32.2 Å². The number of hydrogen-bond donors (Lipinski definition) is 3. The normalized spacial score (nSPS) is 12.5. The second-order valence-electron chi connectivity index (χ2n) is 7.96. The van der Waals surface area contributed by atoms with Crippen LogP contribution in [0.5, 0.6) is 0 Å². The summed E-state index contributed by atoms with van der Waals surface area (Å²) in [7, 11) is 0. The Labute approximate surface area is 175 Å².